The zero-order valence-corrected chi connectivity index (χ0v) is 12.4. The first kappa shape index (κ1) is 17.7. The van der Waals surface area contributed by atoms with Crippen molar-refractivity contribution in [3.8, 4) is 5.75 Å². The predicted molar refractivity (Wildman–Crippen MR) is 50.5 cm³/mol. The van der Waals surface area contributed by atoms with E-state index in [-0.39, 0.29) is 41.5 Å². The topological polar surface area (TPSA) is 66.4 Å². The van der Waals surface area contributed by atoms with Crippen LogP contribution in [0.4, 0.5) is 13.2 Å². The van der Waals surface area contributed by atoms with Gasteiger partial charge in [0.05, 0.1) is 4.90 Å². The van der Waals surface area contributed by atoms with Gasteiger partial charge in [0.15, 0.2) is 0 Å². The summed E-state index contributed by atoms with van der Waals surface area (Å²) in [5.41, 5.74) is -0.0123. The summed E-state index contributed by atoms with van der Waals surface area (Å²) in [6.07, 6.45) is -4.95. The van der Waals surface area contributed by atoms with Gasteiger partial charge in [0.2, 0.25) is 0 Å². The molecule has 0 aliphatic rings. The van der Waals surface area contributed by atoms with Crippen LogP contribution in [-0.2, 0) is 16.5 Å². The number of ether oxygens (including phenoxy) is 1. The molecule has 4 nitrogen and oxygen atoms in total. The Morgan fingerprint density at radius 3 is 2.28 bits per heavy atom. The molecular weight excluding hydrogens is 284 g/mol. The molecule has 0 fully saturated rings. The Bertz CT molecular complexity index is 513. The SMILES string of the molecule is CCc1cccc(OC(F)(F)F)c1S(=O)(=O)[O-].[Na+]. The van der Waals surface area contributed by atoms with Gasteiger partial charge in [0.25, 0.3) is 0 Å². The summed E-state index contributed by atoms with van der Waals surface area (Å²) < 4.78 is 72.4. The van der Waals surface area contributed by atoms with Gasteiger partial charge in [0.1, 0.15) is 15.9 Å². The van der Waals surface area contributed by atoms with Crippen LogP contribution in [0.2, 0.25) is 0 Å². The molecular formula is C9H8F3NaO4S. The van der Waals surface area contributed by atoms with Crippen molar-refractivity contribution in [2.24, 2.45) is 0 Å². The third-order valence-corrected chi connectivity index (χ3v) is 2.88. The molecule has 1 rings (SSSR count). The number of hydrogen-bond donors (Lipinski definition) is 0. The second-order valence-electron chi connectivity index (χ2n) is 3.10. The van der Waals surface area contributed by atoms with Crippen LogP contribution in [0.5, 0.6) is 5.75 Å². The summed E-state index contributed by atoms with van der Waals surface area (Å²) in [4.78, 5) is -0.958. The van der Waals surface area contributed by atoms with E-state index in [4.69, 9.17) is 0 Å². The summed E-state index contributed by atoms with van der Waals surface area (Å²) in [6, 6.07) is 3.24. The number of halogens is 3. The standard InChI is InChI=1S/C9H9F3O4S.Na/c1-2-6-4-3-5-7(16-9(10,11)12)8(6)17(13,14)15;/h3-5H,2H2,1H3,(H,13,14,15);/q;+1/p-1. The van der Waals surface area contributed by atoms with Crippen molar-refractivity contribution in [2.75, 3.05) is 0 Å². The molecule has 0 spiro atoms. The molecule has 0 aliphatic heterocycles. The Balaban J connectivity index is 0.00000289. The average molecular weight is 292 g/mol. The Morgan fingerprint density at radius 2 is 1.89 bits per heavy atom. The first-order valence-corrected chi connectivity index (χ1v) is 5.89. The van der Waals surface area contributed by atoms with E-state index >= 15 is 0 Å². The van der Waals surface area contributed by atoms with Crippen molar-refractivity contribution in [1.29, 1.82) is 0 Å². The van der Waals surface area contributed by atoms with Crippen molar-refractivity contribution in [3.63, 3.8) is 0 Å². The molecule has 1 aromatic carbocycles. The maximum atomic E-state index is 12.0. The third-order valence-electron chi connectivity index (χ3n) is 1.92. The summed E-state index contributed by atoms with van der Waals surface area (Å²) in [5, 5.41) is 0. The van der Waals surface area contributed by atoms with E-state index in [0.29, 0.717) is 0 Å². The van der Waals surface area contributed by atoms with Crippen LogP contribution in [-0.4, -0.2) is 19.3 Å². The predicted octanol–water partition coefficient (Wildman–Crippen LogP) is -0.944. The van der Waals surface area contributed by atoms with Crippen molar-refractivity contribution in [3.05, 3.63) is 23.8 Å². The van der Waals surface area contributed by atoms with Gasteiger partial charge in [-0.25, -0.2) is 8.42 Å². The monoisotopic (exact) mass is 292 g/mol. The number of alkyl halides is 3. The Morgan fingerprint density at radius 1 is 1.33 bits per heavy atom. The fraction of sp³-hybridized carbons (Fsp3) is 0.333. The van der Waals surface area contributed by atoms with E-state index in [1.807, 2.05) is 0 Å². The number of benzene rings is 1. The molecule has 0 bridgehead atoms. The molecule has 0 atom stereocenters. The molecule has 0 aliphatic carbocycles. The van der Waals surface area contributed by atoms with Crippen LogP contribution in [0.3, 0.4) is 0 Å². The Hall–Kier alpha value is -0.280. The van der Waals surface area contributed by atoms with Gasteiger partial charge in [0, 0.05) is 0 Å². The molecule has 18 heavy (non-hydrogen) atoms. The number of hydrogen-bond acceptors (Lipinski definition) is 4. The largest absolute Gasteiger partial charge is 1.00 e. The molecule has 0 heterocycles. The number of rotatable bonds is 3. The van der Waals surface area contributed by atoms with Crippen LogP contribution in [0.25, 0.3) is 0 Å². The minimum absolute atomic E-state index is 0. The first-order chi connectivity index (χ1) is 7.65. The molecule has 0 aromatic heterocycles. The van der Waals surface area contributed by atoms with Crippen LogP contribution in [0.15, 0.2) is 23.1 Å². The fourth-order valence-electron chi connectivity index (χ4n) is 1.33. The van der Waals surface area contributed by atoms with Crippen LogP contribution in [0.1, 0.15) is 12.5 Å². The second-order valence-corrected chi connectivity index (χ2v) is 4.42. The maximum Gasteiger partial charge on any atom is 1.00 e. The molecule has 9 heteroatoms. The minimum Gasteiger partial charge on any atom is -0.744 e. The molecule has 96 valence electrons. The summed E-state index contributed by atoms with van der Waals surface area (Å²) >= 11 is 0. The van der Waals surface area contributed by atoms with Gasteiger partial charge >= 0.3 is 35.9 Å². The number of aryl methyl sites for hydroxylation is 1. The van der Waals surface area contributed by atoms with Gasteiger partial charge in [-0.3, -0.25) is 0 Å². The van der Waals surface area contributed by atoms with Gasteiger partial charge in [-0.15, -0.1) is 13.2 Å². The van der Waals surface area contributed by atoms with E-state index < -0.39 is 27.1 Å². The van der Waals surface area contributed by atoms with Gasteiger partial charge in [-0.1, -0.05) is 19.1 Å². The van der Waals surface area contributed by atoms with Gasteiger partial charge in [-0.05, 0) is 18.1 Å². The Kier molecular flexibility index (Phi) is 6.15. The van der Waals surface area contributed by atoms with E-state index in [2.05, 4.69) is 4.74 Å². The normalized spacial score (nSPS) is 11.8. The molecule has 0 saturated carbocycles. The van der Waals surface area contributed by atoms with E-state index in [0.717, 1.165) is 6.07 Å². The maximum absolute atomic E-state index is 12.0. The molecule has 1 aromatic rings. The summed E-state index contributed by atoms with van der Waals surface area (Å²) in [6.45, 7) is 1.52. The van der Waals surface area contributed by atoms with Crippen LogP contribution >= 0.6 is 0 Å². The molecule has 0 amide bonds. The average Bonchev–Trinajstić information content (AvgIpc) is 2.12. The van der Waals surface area contributed by atoms with Crippen LogP contribution in [0, 0.1) is 0 Å². The van der Waals surface area contributed by atoms with Crippen molar-refractivity contribution >= 4 is 10.1 Å². The Labute approximate surface area is 124 Å². The summed E-state index contributed by atoms with van der Waals surface area (Å²) in [5.74, 6) is -0.994. The zero-order chi connectivity index (χ0) is 13.3. The third kappa shape index (κ3) is 4.77. The van der Waals surface area contributed by atoms with E-state index in [1.165, 1.54) is 19.1 Å². The van der Waals surface area contributed by atoms with Crippen molar-refractivity contribution < 1.29 is 60.4 Å². The van der Waals surface area contributed by atoms with Crippen molar-refractivity contribution in [1.82, 2.24) is 0 Å². The fourth-order valence-corrected chi connectivity index (χ4v) is 2.22. The summed E-state index contributed by atoms with van der Waals surface area (Å²) in [7, 11) is -5.02. The smallest absolute Gasteiger partial charge is 0.744 e. The quantitative estimate of drug-likeness (QED) is 0.532. The van der Waals surface area contributed by atoms with Gasteiger partial charge in [-0.2, -0.15) is 0 Å². The van der Waals surface area contributed by atoms with E-state index in [1.54, 1.807) is 0 Å². The molecule has 0 saturated heterocycles. The first-order valence-electron chi connectivity index (χ1n) is 4.48. The second kappa shape index (κ2) is 6.25. The van der Waals surface area contributed by atoms with Gasteiger partial charge < -0.3 is 9.29 Å². The van der Waals surface area contributed by atoms with E-state index in [9.17, 15) is 26.1 Å². The molecule has 0 radical (unpaired) electrons. The molecule has 0 unspecified atom stereocenters. The molecule has 0 N–H and O–H groups in total. The zero-order valence-electron chi connectivity index (χ0n) is 9.61. The van der Waals surface area contributed by atoms with Crippen LogP contribution < -0.4 is 34.3 Å². The minimum atomic E-state index is -5.05. The van der Waals surface area contributed by atoms with Crippen molar-refractivity contribution in [2.45, 2.75) is 24.6 Å².